The fourth-order valence-electron chi connectivity index (χ4n) is 3.58. The second kappa shape index (κ2) is 6.16. The van der Waals surface area contributed by atoms with Crippen LogP contribution in [0.15, 0.2) is 63.7 Å². The van der Waals surface area contributed by atoms with Gasteiger partial charge in [0, 0.05) is 18.2 Å². The normalized spacial score (nSPS) is 25.5. The zero-order valence-electron chi connectivity index (χ0n) is 14.0. The third-order valence-corrected chi connectivity index (χ3v) is 4.99. The number of nitrogens with zero attached hydrogens (tertiary/aromatic N) is 2. The molecule has 0 saturated carbocycles. The molecule has 0 fully saturated rings. The first-order valence-electron chi connectivity index (χ1n) is 8.07. The predicted octanol–water partition coefficient (Wildman–Crippen LogP) is 2.48. The largest absolute Gasteiger partial charge is 0.393 e. The number of carbonyl (C=O) groups excluding carboxylic acids is 1. The van der Waals surface area contributed by atoms with Crippen molar-refractivity contribution in [3.8, 4) is 0 Å². The third kappa shape index (κ3) is 2.82. The summed E-state index contributed by atoms with van der Waals surface area (Å²) in [5.74, 6) is 0.590. The quantitative estimate of drug-likeness (QED) is 0.354. The number of hydrogen-bond donors (Lipinski definition) is 2. The first-order chi connectivity index (χ1) is 11.8. The molecule has 0 aromatic carbocycles. The lowest BCUT2D eigenvalue weighted by Crippen LogP contribution is -2.32. The third-order valence-electron chi connectivity index (χ3n) is 4.99. The van der Waals surface area contributed by atoms with Crippen LogP contribution in [0.25, 0.3) is 0 Å². The number of hydrogen-bond acceptors (Lipinski definition) is 5. The summed E-state index contributed by atoms with van der Waals surface area (Å²) in [6, 6.07) is 0. The molecule has 0 bridgehead atoms. The first kappa shape index (κ1) is 16.9. The van der Waals surface area contributed by atoms with E-state index in [0.29, 0.717) is 25.1 Å². The molecular weight excluding hydrogens is 320 g/mol. The van der Waals surface area contributed by atoms with E-state index in [1.165, 1.54) is 0 Å². The molecule has 0 saturated heterocycles. The minimum absolute atomic E-state index is 0.0396. The van der Waals surface area contributed by atoms with Crippen LogP contribution in [0.5, 0.6) is 0 Å². The van der Waals surface area contributed by atoms with Crippen LogP contribution in [0.2, 0.25) is 0 Å². The van der Waals surface area contributed by atoms with E-state index in [4.69, 9.17) is 5.73 Å². The van der Waals surface area contributed by atoms with Crippen LogP contribution in [0, 0.1) is 15.5 Å². The summed E-state index contributed by atoms with van der Waals surface area (Å²) in [4.78, 5) is 27.2. The molecule has 1 atom stereocenters. The number of rotatable bonds is 4. The Balaban J connectivity index is 1.84. The van der Waals surface area contributed by atoms with Gasteiger partial charge in [0.2, 0.25) is 5.91 Å². The highest BCUT2D eigenvalue weighted by atomic mass is 16.6. The highest BCUT2D eigenvalue weighted by Gasteiger charge is 2.51. The molecule has 25 heavy (non-hydrogen) atoms. The number of aliphatic imine (C=N–C) groups is 1. The molecular formula is C18H20N4O3. The van der Waals surface area contributed by atoms with Crippen LogP contribution >= 0.6 is 0 Å². The summed E-state index contributed by atoms with van der Waals surface area (Å²) in [5, 5.41) is 13.6. The Bertz CT molecular complexity index is 829. The lowest BCUT2D eigenvalue weighted by Gasteiger charge is -2.23. The van der Waals surface area contributed by atoms with Crippen LogP contribution in [0.4, 0.5) is 0 Å². The highest BCUT2D eigenvalue weighted by molar-refractivity contribution is 5.94. The van der Waals surface area contributed by atoms with Crippen LogP contribution in [0.1, 0.15) is 32.6 Å². The van der Waals surface area contributed by atoms with Crippen molar-refractivity contribution in [2.75, 3.05) is 0 Å². The highest BCUT2D eigenvalue weighted by Crippen LogP contribution is 2.52. The Hall–Kier alpha value is -2.96. The Labute approximate surface area is 145 Å². The van der Waals surface area contributed by atoms with E-state index in [1.54, 1.807) is 12.3 Å². The Kier molecular flexibility index (Phi) is 4.16. The molecule has 2 aliphatic heterocycles. The maximum Gasteiger partial charge on any atom is 0.284 e. The Morgan fingerprint density at radius 3 is 3.04 bits per heavy atom. The number of fused-ring (bicyclic) bond motifs is 1. The molecule has 7 nitrogen and oxygen atoms in total. The fourth-order valence-corrected chi connectivity index (χ4v) is 3.58. The molecule has 1 aliphatic carbocycles. The van der Waals surface area contributed by atoms with Crippen molar-refractivity contribution in [2.45, 2.75) is 32.6 Å². The van der Waals surface area contributed by atoms with E-state index in [9.17, 15) is 14.9 Å². The Morgan fingerprint density at radius 1 is 1.56 bits per heavy atom. The maximum atomic E-state index is 12.7. The summed E-state index contributed by atoms with van der Waals surface area (Å²) in [5.41, 5.74) is 7.95. The van der Waals surface area contributed by atoms with Gasteiger partial charge in [-0.25, -0.2) is 4.99 Å². The second-order valence-corrected chi connectivity index (χ2v) is 6.55. The standard InChI is InChI=1S/C18H20N4O3/c1-11-9-18(10-13(11)6-7-15(19)12(2)22(24)25)14-5-3-4-8-20-16(14)21-17(18)23/h3,5,7-8H,2,4,6,9-10,19H2,1H3,(H,21,23). The minimum atomic E-state index is -0.629. The van der Waals surface area contributed by atoms with E-state index in [0.717, 1.165) is 23.1 Å². The predicted molar refractivity (Wildman–Crippen MR) is 94.8 cm³/mol. The number of allylic oxidation sites excluding steroid dienone is 5. The van der Waals surface area contributed by atoms with Crippen molar-refractivity contribution in [2.24, 2.45) is 16.1 Å². The molecule has 3 rings (SSSR count). The van der Waals surface area contributed by atoms with Crippen LogP contribution < -0.4 is 11.1 Å². The van der Waals surface area contributed by atoms with Crippen molar-refractivity contribution in [1.82, 2.24) is 5.32 Å². The summed E-state index contributed by atoms with van der Waals surface area (Å²) in [6.45, 7) is 5.35. The van der Waals surface area contributed by atoms with Gasteiger partial charge < -0.3 is 11.1 Å². The summed E-state index contributed by atoms with van der Waals surface area (Å²) < 4.78 is 0. The van der Waals surface area contributed by atoms with Crippen LogP contribution in [0.3, 0.4) is 0 Å². The molecule has 0 radical (unpaired) electrons. The molecule has 3 aliphatic rings. The minimum Gasteiger partial charge on any atom is -0.393 e. The molecule has 3 N–H and O–H groups in total. The molecule has 0 aromatic heterocycles. The van der Waals surface area contributed by atoms with Crippen molar-refractivity contribution in [3.05, 3.63) is 68.9 Å². The summed E-state index contributed by atoms with van der Waals surface area (Å²) in [7, 11) is 0. The van der Waals surface area contributed by atoms with Gasteiger partial charge in [-0.15, -0.1) is 0 Å². The zero-order chi connectivity index (χ0) is 18.2. The van der Waals surface area contributed by atoms with Gasteiger partial charge >= 0.3 is 0 Å². The number of nitrogens with two attached hydrogens (primary N) is 1. The molecule has 1 amide bonds. The summed E-state index contributed by atoms with van der Waals surface area (Å²) in [6.07, 6.45) is 9.76. The maximum absolute atomic E-state index is 12.7. The topological polar surface area (TPSA) is 111 Å². The molecule has 0 aromatic rings. The van der Waals surface area contributed by atoms with E-state index in [1.807, 2.05) is 19.1 Å². The number of carbonyl (C=O) groups is 1. The van der Waals surface area contributed by atoms with Crippen LogP contribution in [-0.4, -0.2) is 17.0 Å². The van der Waals surface area contributed by atoms with Gasteiger partial charge in [0.15, 0.2) is 0 Å². The van der Waals surface area contributed by atoms with E-state index in [2.05, 4.69) is 16.9 Å². The van der Waals surface area contributed by atoms with Gasteiger partial charge in [0.25, 0.3) is 5.70 Å². The van der Waals surface area contributed by atoms with Gasteiger partial charge in [-0.05, 0) is 32.8 Å². The van der Waals surface area contributed by atoms with Gasteiger partial charge in [-0.1, -0.05) is 29.4 Å². The van der Waals surface area contributed by atoms with Gasteiger partial charge in [0.05, 0.1) is 10.3 Å². The number of nitrogens with one attached hydrogen (secondary N) is 1. The monoisotopic (exact) mass is 340 g/mol. The SMILES string of the molecule is C=C(C(N)=CCC1=C(C)CC2(C1)C(=O)NC1=C2C=CCC=N1)[N+](=O)[O-]. The average molecular weight is 340 g/mol. The van der Waals surface area contributed by atoms with Crippen LogP contribution in [-0.2, 0) is 4.79 Å². The summed E-state index contributed by atoms with van der Waals surface area (Å²) >= 11 is 0. The smallest absolute Gasteiger partial charge is 0.284 e. The zero-order valence-corrected chi connectivity index (χ0v) is 14.0. The molecule has 1 spiro atoms. The van der Waals surface area contributed by atoms with Gasteiger partial charge in [-0.2, -0.15) is 0 Å². The Morgan fingerprint density at radius 2 is 2.32 bits per heavy atom. The number of amides is 1. The van der Waals surface area contributed by atoms with Crippen molar-refractivity contribution < 1.29 is 9.72 Å². The second-order valence-electron chi connectivity index (χ2n) is 6.55. The van der Waals surface area contributed by atoms with E-state index in [-0.39, 0.29) is 17.3 Å². The lowest BCUT2D eigenvalue weighted by molar-refractivity contribution is -0.420. The van der Waals surface area contributed by atoms with Crippen molar-refractivity contribution in [1.29, 1.82) is 0 Å². The average Bonchev–Trinajstić information content (AvgIpc) is 2.90. The molecule has 130 valence electrons. The molecule has 7 heteroatoms. The van der Waals surface area contributed by atoms with E-state index < -0.39 is 10.3 Å². The molecule has 2 heterocycles. The van der Waals surface area contributed by atoms with Gasteiger partial charge in [-0.3, -0.25) is 14.9 Å². The van der Waals surface area contributed by atoms with Crippen molar-refractivity contribution in [3.63, 3.8) is 0 Å². The fraction of sp³-hybridized carbons (Fsp3) is 0.333. The van der Waals surface area contributed by atoms with Crippen molar-refractivity contribution >= 4 is 12.1 Å². The molecule has 1 unspecified atom stereocenters. The van der Waals surface area contributed by atoms with E-state index >= 15 is 0 Å². The number of nitro groups is 1. The lowest BCUT2D eigenvalue weighted by atomic mass is 9.77. The van der Waals surface area contributed by atoms with Gasteiger partial charge in [0.1, 0.15) is 11.5 Å². The first-order valence-corrected chi connectivity index (χ1v) is 8.07.